The minimum atomic E-state index is 0.670. The first kappa shape index (κ1) is 7.55. The van der Waals surface area contributed by atoms with Crippen molar-refractivity contribution < 1.29 is 0 Å². The monoisotopic (exact) mass is 147 g/mol. The van der Waals surface area contributed by atoms with Gasteiger partial charge in [-0.3, -0.25) is 0 Å². The molecular weight excluding hydrogens is 138 g/mol. The second kappa shape index (κ2) is 3.02. The molecule has 0 N–H and O–H groups in total. The van der Waals surface area contributed by atoms with E-state index in [1.807, 2.05) is 19.0 Å². The van der Waals surface area contributed by atoms with Crippen molar-refractivity contribution in [1.82, 2.24) is 9.97 Å². The van der Waals surface area contributed by atoms with Gasteiger partial charge in [0.05, 0.1) is 5.56 Å². The molecule has 1 aromatic rings. The van der Waals surface area contributed by atoms with Gasteiger partial charge in [0.2, 0.25) is 5.95 Å². The van der Waals surface area contributed by atoms with Gasteiger partial charge in [-0.25, -0.2) is 9.97 Å². The number of terminal acetylenes is 1. The first-order valence-corrected chi connectivity index (χ1v) is 3.20. The maximum atomic E-state index is 5.13. The average molecular weight is 147 g/mol. The number of nitrogens with zero attached hydrogens (tertiary/aromatic N) is 3. The number of rotatable bonds is 1. The standard InChI is InChI=1S/C8H9N3/c1-4-7-5-9-8(10-6-7)11(2)3/h1,5-6H,2-3H3. The van der Waals surface area contributed by atoms with E-state index in [-0.39, 0.29) is 0 Å². The second-order valence-electron chi connectivity index (χ2n) is 2.31. The molecule has 1 aromatic heterocycles. The summed E-state index contributed by atoms with van der Waals surface area (Å²) in [7, 11) is 3.76. The Bertz CT molecular complexity index is 268. The molecule has 1 heterocycles. The van der Waals surface area contributed by atoms with Crippen molar-refractivity contribution in [3.8, 4) is 12.3 Å². The van der Waals surface area contributed by atoms with E-state index in [2.05, 4.69) is 15.9 Å². The molecule has 0 fully saturated rings. The molecule has 0 radical (unpaired) electrons. The van der Waals surface area contributed by atoms with Gasteiger partial charge in [-0.1, -0.05) is 5.92 Å². The number of hydrogen-bond donors (Lipinski definition) is 0. The van der Waals surface area contributed by atoms with E-state index >= 15 is 0 Å². The number of aromatic nitrogens is 2. The summed E-state index contributed by atoms with van der Waals surface area (Å²) in [6.07, 6.45) is 8.39. The van der Waals surface area contributed by atoms with Gasteiger partial charge in [-0.15, -0.1) is 6.42 Å². The summed E-state index contributed by atoms with van der Waals surface area (Å²) in [6, 6.07) is 0. The molecule has 0 bridgehead atoms. The quantitative estimate of drug-likeness (QED) is 0.542. The fourth-order valence-corrected chi connectivity index (χ4v) is 0.627. The van der Waals surface area contributed by atoms with Gasteiger partial charge in [0, 0.05) is 26.5 Å². The Hall–Kier alpha value is -1.56. The molecular formula is C8H9N3. The molecule has 0 saturated carbocycles. The molecule has 0 unspecified atom stereocenters. The predicted octanol–water partition coefficient (Wildman–Crippen LogP) is 0.524. The van der Waals surface area contributed by atoms with E-state index in [0.717, 1.165) is 0 Å². The highest BCUT2D eigenvalue weighted by Gasteiger charge is 1.95. The summed E-state index contributed by atoms with van der Waals surface area (Å²) in [4.78, 5) is 9.86. The van der Waals surface area contributed by atoms with Crippen LogP contribution in [-0.2, 0) is 0 Å². The van der Waals surface area contributed by atoms with Crippen LogP contribution in [0.2, 0.25) is 0 Å². The van der Waals surface area contributed by atoms with Gasteiger partial charge < -0.3 is 4.90 Å². The maximum absolute atomic E-state index is 5.13. The third kappa shape index (κ3) is 1.68. The summed E-state index contributed by atoms with van der Waals surface area (Å²) in [6.45, 7) is 0. The Morgan fingerprint density at radius 1 is 1.36 bits per heavy atom. The van der Waals surface area contributed by atoms with Crippen LogP contribution in [0.15, 0.2) is 12.4 Å². The molecule has 56 valence electrons. The summed E-state index contributed by atoms with van der Waals surface area (Å²) in [5.74, 6) is 3.12. The molecule has 0 aliphatic rings. The van der Waals surface area contributed by atoms with Gasteiger partial charge in [0.25, 0.3) is 0 Å². The van der Waals surface area contributed by atoms with Crippen LogP contribution < -0.4 is 4.90 Å². The Kier molecular flexibility index (Phi) is 2.07. The number of hydrogen-bond acceptors (Lipinski definition) is 3. The summed E-state index contributed by atoms with van der Waals surface area (Å²) < 4.78 is 0. The van der Waals surface area contributed by atoms with E-state index in [0.29, 0.717) is 11.5 Å². The molecule has 0 saturated heterocycles. The summed E-state index contributed by atoms with van der Waals surface area (Å²) >= 11 is 0. The normalized spacial score (nSPS) is 8.82. The predicted molar refractivity (Wildman–Crippen MR) is 44.3 cm³/mol. The molecule has 0 aliphatic carbocycles. The van der Waals surface area contributed by atoms with Crippen molar-refractivity contribution in [3.63, 3.8) is 0 Å². The van der Waals surface area contributed by atoms with Crippen LogP contribution in [0, 0.1) is 12.3 Å². The molecule has 0 amide bonds. The highest BCUT2D eigenvalue weighted by atomic mass is 15.2. The zero-order chi connectivity index (χ0) is 8.27. The largest absolute Gasteiger partial charge is 0.347 e. The van der Waals surface area contributed by atoms with Crippen molar-refractivity contribution in [2.24, 2.45) is 0 Å². The summed E-state index contributed by atoms with van der Waals surface area (Å²) in [5, 5.41) is 0. The number of anilines is 1. The topological polar surface area (TPSA) is 29.0 Å². The zero-order valence-corrected chi connectivity index (χ0v) is 6.57. The fourth-order valence-electron chi connectivity index (χ4n) is 0.627. The van der Waals surface area contributed by atoms with Crippen molar-refractivity contribution in [2.75, 3.05) is 19.0 Å². The molecule has 1 rings (SSSR count). The molecule has 11 heavy (non-hydrogen) atoms. The van der Waals surface area contributed by atoms with Crippen molar-refractivity contribution >= 4 is 5.95 Å². The van der Waals surface area contributed by atoms with E-state index in [1.54, 1.807) is 12.4 Å². The molecule has 0 aliphatic heterocycles. The smallest absolute Gasteiger partial charge is 0.224 e. The van der Waals surface area contributed by atoms with Crippen molar-refractivity contribution in [2.45, 2.75) is 0 Å². The van der Waals surface area contributed by atoms with E-state index in [1.165, 1.54) is 0 Å². The van der Waals surface area contributed by atoms with Crippen LogP contribution in [0.4, 0.5) is 5.95 Å². The van der Waals surface area contributed by atoms with E-state index in [9.17, 15) is 0 Å². The van der Waals surface area contributed by atoms with Crippen LogP contribution in [0.3, 0.4) is 0 Å². The molecule has 3 heteroatoms. The minimum Gasteiger partial charge on any atom is -0.347 e. The highest BCUT2D eigenvalue weighted by molar-refractivity contribution is 5.32. The van der Waals surface area contributed by atoms with Crippen molar-refractivity contribution in [3.05, 3.63) is 18.0 Å². The molecule has 0 spiro atoms. The Labute approximate surface area is 66.1 Å². The van der Waals surface area contributed by atoms with Crippen LogP contribution in [0.1, 0.15) is 5.56 Å². The van der Waals surface area contributed by atoms with E-state index < -0.39 is 0 Å². The third-order valence-corrected chi connectivity index (χ3v) is 1.20. The lowest BCUT2D eigenvalue weighted by Crippen LogP contribution is -2.12. The lowest BCUT2D eigenvalue weighted by atomic mass is 10.4. The van der Waals surface area contributed by atoms with Gasteiger partial charge in [-0.05, 0) is 0 Å². The van der Waals surface area contributed by atoms with Gasteiger partial charge >= 0.3 is 0 Å². The maximum Gasteiger partial charge on any atom is 0.224 e. The molecule has 0 aromatic carbocycles. The lowest BCUT2D eigenvalue weighted by Gasteiger charge is -2.07. The van der Waals surface area contributed by atoms with Gasteiger partial charge in [0.1, 0.15) is 0 Å². The second-order valence-corrected chi connectivity index (χ2v) is 2.31. The first-order valence-electron chi connectivity index (χ1n) is 3.20. The average Bonchev–Trinajstić information content (AvgIpc) is 2.05. The fraction of sp³-hybridized carbons (Fsp3) is 0.250. The van der Waals surface area contributed by atoms with Crippen molar-refractivity contribution in [1.29, 1.82) is 0 Å². The molecule has 3 nitrogen and oxygen atoms in total. The Morgan fingerprint density at radius 3 is 2.27 bits per heavy atom. The Balaban J connectivity index is 2.94. The zero-order valence-electron chi connectivity index (χ0n) is 6.57. The van der Waals surface area contributed by atoms with Crippen LogP contribution in [0.25, 0.3) is 0 Å². The molecule has 0 atom stereocenters. The highest BCUT2D eigenvalue weighted by Crippen LogP contribution is 2.00. The first-order chi connectivity index (χ1) is 5.24. The summed E-state index contributed by atoms with van der Waals surface area (Å²) in [5.41, 5.74) is 0.704. The third-order valence-electron chi connectivity index (χ3n) is 1.20. The van der Waals surface area contributed by atoms with Gasteiger partial charge in [-0.2, -0.15) is 0 Å². The lowest BCUT2D eigenvalue weighted by molar-refractivity contribution is 0.995. The van der Waals surface area contributed by atoms with E-state index in [4.69, 9.17) is 6.42 Å². The van der Waals surface area contributed by atoms with Gasteiger partial charge in [0.15, 0.2) is 0 Å². The SMILES string of the molecule is C#Cc1cnc(N(C)C)nc1. The minimum absolute atomic E-state index is 0.670. The van der Waals surface area contributed by atoms with Crippen LogP contribution in [0.5, 0.6) is 0 Å². The van der Waals surface area contributed by atoms with Crippen LogP contribution >= 0.6 is 0 Å². The van der Waals surface area contributed by atoms with Crippen LogP contribution in [-0.4, -0.2) is 24.1 Å². The Morgan fingerprint density at radius 2 is 1.91 bits per heavy atom.